The highest BCUT2D eigenvalue weighted by atomic mass is 79.9. The molecule has 2 aromatic rings. The molecule has 0 bridgehead atoms. The van der Waals surface area contributed by atoms with Gasteiger partial charge >= 0.3 is 12.1 Å². The molecule has 3 saturated heterocycles. The lowest BCUT2D eigenvalue weighted by atomic mass is 10.0. The number of urea groups is 1. The minimum Gasteiger partial charge on any atom is -0.506 e. The van der Waals surface area contributed by atoms with Gasteiger partial charge in [0, 0.05) is 97.2 Å². The van der Waals surface area contributed by atoms with Crippen LogP contribution < -0.4 is 5.32 Å². The molecule has 4 heterocycles. The highest BCUT2D eigenvalue weighted by molar-refractivity contribution is 9.11. The van der Waals surface area contributed by atoms with E-state index in [1.54, 1.807) is 36.0 Å². The first kappa shape index (κ1) is 38.8. The van der Waals surface area contributed by atoms with Crippen molar-refractivity contribution in [1.82, 2.24) is 28.2 Å². The fraction of sp³-hybridized carbons (Fsp3) is 0.571. The molecule has 0 radical (unpaired) electrons. The first-order valence-corrected chi connectivity index (χ1v) is 20.8. The van der Waals surface area contributed by atoms with Crippen LogP contribution in [0.2, 0.25) is 0 Å². The van der Waals surface area contributed by atoms with Crippen molar-refractivity contribution in [2.45, 2.75) is 56.7 Å². The topological polar surface area (TPSA) is 146 Å². The summed E-state index contributed by atoms with van der Waals surface area (Å²) in [6.45, 7) is 4.48. The van der Waals surface area contributed by atoms with E-state index in [2.05, 4.69) is 42.1 Å². The summed E-state index contributed by atoms with van der Waals surface area (Å²) in [4.78, 5) is 48.4. The van der Waals surface area contributed by atoms with Gasteiger partial charge in [0.25, 0.3) is 16.1 Å². The van der Waals surface area contributed by atoms with Gasteiger partial charge in [0.1, 0.15) is 5.75 Å². The van der Waals surface area contributed by atoms with E-state index in [9.17, 15) is 27.9 Å². The Morgan fingerprint density at radius 1 is 0.904 bits per heavy atom. The van der Waals surface area contributed by atoms with Gasteiger partial charge in [-0.1, -0.05) is 18.2 Å². The number of carbonyl (C=O) groups is 3. The highest BCUT2D eigenvalue weighted by Gasteiger charge is 2.37. The maximum absolute atomic E-state index is 14.1. The van der Waals surface area contributed by atoms with Crippen LogP contribution in [0.15, 0.2) is 45.3 Å². The average molecular weight is 870 g/mol. The van der Waals surface area contributed by atoms with E-state index in [1.165, 1.54) is 8.61 Å². The lowest BCUT2D eigenvalue weighted by molar-refractivity contribution is -0.143. The summed E-state index contributed by atoms with van der Waals surface area (Å²) in [5, 5.41) is 13.3. The summed E-state index contributed by atoms with van der Waals surface area (Å²) >= 11 is 6.74. The number of rotatable bonds is 8. The van der Waals surface area contributed by atoms with Crippen LogP contribution in [0, 0.1) is 0 Å². The predicted octanol–water partition coefficient (Wildman–Crippen LogP) is 3.93. The molecule has 2 N–H and O–H groups in total. The number of anilines is 1. The highest BCUT2D eigenvalue weighted by Crippen LogP contribution is 2.34. The zero-order chi connectivity index (χ0) is 37.2. The first-order valence-electron chi connectivity index (χ1n) is 17.8. The minimum atomic E-state index is -3.44. The van der Waals surface area contributed by atoms with Crippen LogP contribution in [0.1, 0.15) is 36.8 Å². The molecule has 4 amide bonds. The van der Waals surface area contributed by atoms with E-state index in [-0.39, 0.29) is 36.2 Å². The van der Waals surface area contributed by atoms with E-state index in [0.717, 1.165) is 30.5 Å². The number of hydrogen-bond donors (Lipinski definition) is 2. The fourth-order valence-electron chi connectivity index (χ4n) is 7.60. The fourth-order valence-corrected chi connectivity index (χ4v) is 10.0. The number of amides is 4. The lowest BCUT2D eigenvalue weighted by Crippen LogP contribution is -2.57. The summed E-state index contributed by atoms with van der Waals surface area (Å²) in [6, 6.07) is 11.3. The summed E-state index contributed by atoms with van der Waals surface area (Å²) in [6.07, 6.45) is 1.84. The molecule has 0 saturated carbocycles. The molecule has 3 fully saturated rings. The number of nitrogens with one attached hydrogen (secondary N) is 1. The van der Waals surface area contributed by atoms with Crippen LogP contribution >= 0.6 is 31.9 Å². The van der Waals surface area contributed by atoms with Gasteiger partial charge in [0.2, 0.25) is 0 Å². The number of benzene rings is 2. The summed E-state index contributed by atoms with van der Waals surface area (Å²) < 4.78 is 34.8. The zero-order valence-corrected chi connectivity index (χ0v) is 33.5. The maximum atomic E-state index is 14.1. The number of aromatic hydroxyl groups is 1. The summed E-state index contributed by atoms with van der Waals surface area (Å²) in [5.74, 6) is -0.245. The molecule has 4 aliphatic rings. The van der Waals surface area contributed by atoms with Gasteiger partial charge in [-0.05, 0) is 93.3 Å². The summed E-state index contributed by atoms with van der Waals surface area (Å²) in [5.41, 5.74) is 2.63. The van der Waals surface area contributed by atoms with Crippen molar-refractivity contribution in [3.63, 3.8) is 0 Å². The number of nitrogens with zero attached hydrogens (tertiary/aromatic N) is 6. The third-order valence-electron chi connectivity index (χ3n) is 10.7. The van der Waals surface area contributed by atoms with Crippen molar-refractivity contribution in [3.05, 3.63) is 56.5 Å². The Kier molecular flexibility index (Phi) is 12.4. The maximum Gasteiger partial charge on any atom is 0.410 e. The molecule has 0 aromatic heterocycles. The Morgan fingerprint density at radius 3 is 2.15 bits per heavy atom. The number of fused-ring (bicyclic) bond motifs is 1. The second-order valence-corrected chi connectivity index (χ2v) is 17.9. The number of halogens is 2. The smallest absolute Gasteiger partial charge is 0.410 e. The number of phenols is 1. The quantitative estimate of drug-likeness (QED) is 0.406. The van der Waals surface area contributed by atoms with E-state index in [1.807, 2.05) is 29.2 Å². The Bertz CT molecular complexity index is 1720. The molecule has 52 heavy (non-hydrogen) atoms. The second kappa shape index (κ2) is 16.6. The van der Waals surface area contributed by atoms with Gasteiger partial charge in [-0.3, -0.25) is 9.69 Å². The SMILES string of the molecule is CN(C)S(=O)(=O)N1CCC(N2CCN(C(=O)[C@@H](Cc3cc(Br)c(O)c(Br)c3)OC(=O)N3CCC(N4CCc5ccccc5NC4=O)CC3)CC2)CC1. The molecule has 14 nitrogen and oxygen atoms in total. The zero-order valence-electron chi connectivity index (χ0n) is 29.5. The average Bonchev–Trinajstić information content (AvgIpc) is 3.31. The van der Waals surface area contributed by atoms with Crippen molar-refractivity contribution >= 4 is 65.8 Å². The van der Waals surface area contributed by atoms with Crippen molar-refractivity contribution in [2.75, 3.05) is 78.3 Å². The van der Waals surface area contributed by atoms with Crippen molar-refractivity contribution in [3.8, 4) is 5.75 Å². The van der Waals surface area contributed by atoms with Crippen LogP contribution in [-0.2, 0) is 32.6 Å². The number of hydrogen-bond acceptors (Lipinski definition) is 8. The Hall–Kier alpha value is -2.96. The summed E-state index contributed by atoms with van der Waals surface area (Å²) in [7, 11) is -0.358. The minimum absolute atomic E-state index is 0.0246. The van der Waals surface area contributed by atoms with E-state index in [0.29, 0.717) is 86.3 Å². The molecule has 284 valence electrons. The molecular weight excluding hydrogens is 822 g/mol. The number of para-hydroxylation sites is 1. The van der Waals surface area contributed by atoms with Gasteiger partial charge < -0.3 is 29.9 Å². The Morgan fingerprint density at radius 2 is 1.52 bits per heavy atom. The molecule has 6 rings (SSSR count). The predicted molar refractivity (Wildman–Crippen MR) is 203 cm³/mol. The van der Waals surface area contributed by atoms with Gasteiger partial charge in [-0.2, -0.15) is 17.0 Å². The van der Waals surface area contributed by atoms with E-state index >= 15 is 0 Å². The number of piperidine rings is 2. The third kappa shape index (κ3) is 8.70. The molecule has 0 aliphatic carbocycles. The van der Waals surface area contributed by atoms with Crippen LogP contribution in [0.25, 0.3) is 0 Å². The van der Waals surface area contributed by atoms with Crippen molar-refractivity contribution < 1.29 is 32.6 Å². The number of ether oxygens (including phenoxy) is 1. The van der Waals surface area contributed by atoms with Gasteiger partial charge in [0.15, 0.2) is 6.10 Å². The lowest BCUT2D eigenvalue weighted by Gasteiger charge is -2.43. The number of phenolic OH excluding ortho intramolecular Hbond substituents is 1. The van der Waals surface area contributed by atoms with Crippen LogP contribution in [0.5, 0.6) is 5.75 Å². The van der Waals surface area contributed by atoms with Crippen LogP contribution in [0.3, 0.4) is 0 Å². The molecular formula is C35H47Br2N7O7S. The molecule has 17 heteroatoms. The Balaban J connectivity index is 1.06. The standard InChI is InChI=1S/C35H47Br2N7O7S/c1-39(2)52(49,50)43-14-10-26(11-15-43)40-17-19-41(20-18-40)33(46)31(23-24-21-28(36)32(45)29(37)22-24)51-35(48)42-12-8-27(9-13-42)44-16-7-25-5-3-4-6-30(25)38-34(44)47/h3-6,21-22,26-27,31,45H,7-20,23H2,1-2H3,(H,38,47)/t31-/m1/s1. The van der Waals surface area contributed by atoms with Crippen molar-refractivity contribution in [2.24, 2.45) is 0 Å². The van der Waals surface area contributed by atoms with Crippen LogP contribution in [-0.4, -0.2) is 151 Å². The van der Waals surface area contributed by atoms with Crippen molar-refractivity contribution in [1.29, 1.82) is 0 Å². The number of piperazine rings is 1. The monoisotopic (exact) mass is 867 g/mol. The van der Waals surface area contributed by atoms with Gasteiger partial charge in [-0.15, -0.1) is 0 Å². The molecule has 4 aliphatic heterocycles. The third-order valence-corrected chi connectivity index (χ3v) is 13.8. The molecule has 1 atom stereocenters. The molecule has 2 aromatic carbocycles. The number of carbonyl (C=O) groups excluding carboxylic acids is 3. The van der Waals surface area contributed by atoms with Gasteiger partial charge in [-0.25, -0.2) is 9.59 Å². The van der Waals surface area contributed by atoms with Crippen LogP contribution in [0.4, 0.5) is 15.3 Å². The van der Waals surface area contributed by atoms with E-state index in [4.69, 9.17) is 4.74 Å². The first-order chi connectivity index (χ1) is 24.8. The molecule has 0 unspecified atom stereocenters. The largest absolute Gasteiger partial charge is 0.506 e. The second-order valence-electron chi connectivity index (χ2n) is 14.0. The normalized spacial score (nSPS) is 20.7. The van der Waals surface area contributed by atoms with E-state index < -0.39 is 22.4 Å². The Labute approximate surface area is 322 Å². The number of likely N-dealkylation sites (tertiary alicyclic amines) is 1. The molecule has 0 spiro atoms. The van der Waals surface area contributed by atoms with Gasteiger partial charge in [0.05, 0.1) is 8.95 Å².